The first-order chi connectivity index (χ1) is 12.2. The third kappa shape index (κ3) is 3.35. The monoisotopic (exact) mass is 398 g/mol. The lowest BCUT2D eigenvalue weighted by Crippen LogP contribution is -2.32. The van der Waals surface area contributed by atoms with Crippen LogP contribution in [0.2, 0.25) is 10.0 Å². The van der Waals surface area contributed by atoms with Crippen LogP contribution >= 0.6 is 23.2 Å². The van der Waals surface area contributed by atoms with Crippen molar-refractivity contribution in [3.8, 4) is 5.75 Å². The number of carbonyl (C=O) groups is 3. The third-order valence-corrected chi connectivity index (χ3v) is 6.27. The van der Waals surface area contributed by atoms with Crippen molar-refractivity contribution in [3.05, 3.63) is 27.2 Å². The van der Waals surface area contributed by atoms with E-state index >= 15 is 0 Å². The third-order valence-electron chi connectivity index (χ3n) is 5.42. The summed E-state index contributed by atoms with van der Waals surface area (Å²) in [5, 5.41) is 0.246. The molecule has 1 aromatic carbocycles. The van der Waals surface area contributed by atoms with Crippen molar-refractivity contribution in [2.24, 2.45) is 11.3 Å². The molecule has 0 aliphatic heterocycles. The van der Waals surface area contributed by atoms with Gasteiger partial charge in [0.1, 0.15) is 10.8 Å². The van der Waals surface area contributed by atoms with Crippen LogP contribution in [0.5, 0.6) is 5.75 Å². The number of hydrogen-bond donors (Lipinski definition) is 0. The number of benzene rings is 1. The molecule has 1 fully saturated rings. The molecular formula is C19H20Cl2O5. The molecular weight excluding hydrogens is 379 g/mol. The minimum Gasteiger partial charge on any atom is -0.480 e. The Bertz CT molecular complexity index is 783. The highest BCUT2D eigenvalue weighted by Crippen LogP contribution is 2.52. The minimum atomic E-state index is -0.822. The summed E-state index contributed by atoms with van der Waals surface area (Å²) in [5.41, 5.74) is 0.774. The number of esters is 2. The topological polar surface area (TPSA) is 69.7 Å². The molecule has 0 aromatic heterocycles. The number of ether oxygens (including phenoxy) is 2. The van der Waals surface area contributed by atoms with Crippen molar-refractivity contribution in [3.63, 3.8) is 0 Å². The molecule has 1 atom stereocenters. The predicted octanol–water partition coefficient (Wildman–Crippen LogP) is 4.40. The Balaban J connectivity index is 1.86. The van der Waals surface area contributed by atoms with Crippen LogP contribution in [-0.4, -0.2) is 24.3 Å². The summed E-state index contributed by atoms with van der Waals surface area (Å²) in [6.07, 6.45) is 4.95. The van der Waals surface area contributed by atoms with Gasteiger partial charge in [0, 0.05) is 17.9 Å². The summed E-state index contributed by atoms with van der Waals surface area (Å²) in [6.45, 7) is 2.66. The van der Waals surface area contributed by atoms with Gasteiger partial charge in [-0.2, -0.15) is 0 Å². The number of rotatable bonds is 4. The fraction of sp³-hybridized carbons (Fsp3) is 0.526. The molecule has 0 amide bonds. The molecule has 0 spiro atoms. The molecule has 0 heterocycles. The SMILES string of the molecule is CC(=O)OC(=O)COc1cc2c(c(Cl)c1Cl)C(=O)C(C)(C1CCCC1)C2. The van der Waals surface area contributed by atoms with Gasteiger partial charge in [0.15, 0.2) is 12.4 Å². The van der Waals surface area contributed by atoms with E-state index in [4.69, 9.17) is 27.9 Å². The molecule has 2 aliphatic carbocycles. The summed E-state index contributed by atoms with van der Waals surface area (Å²) in [7, 11) is 0. The second kappa shape index (κ2) is 7.20. The average molecular weight is 399 g/mol. The predicted molar refractivity (Wildman–Crippen MR) is 96.8 cm³/mol. The van der Waals surface area contributed by atoms with Gasteiger partial charge >= 0.3 is 11.9 Å². The van der Waals surface area contributed by atoms with E-state index in [0.29, 0.717) is 17.9 Å². The van der Waals surface area contributed by atoms with Crippen LogP contribution in [0.3, 0.4) is 0 Å². The molecule has 2 aliphatic rings. The Hall–Kier alpha value is -1.59. The summed E-state index contributed by atoms with van der Waals surface area (Å²) in [4.78, 5) is 35.4. The van der Waals surface area contributed by atoms with Gasteiger partial charge in [-0.3, -0.25) is 9.59 Å². The summed E-state index contributed by atoms with van der Waals surface area (Å²) < 4.78 is 9.80. The molecule has 1 saturated carbocycles. The lowest BCUT2D eigenvalue weighted by molar-refractivity contribution is -0.159. The van der Waals surface area contributed by atoms with E-state index in [0.717, 1.165) is 38.2 Å². The van der Waals surface area contributed by atoms with Crippen molar-refractivity contribution in [2.75, 3.05) is 6.61 Å². The zero-order valence-electron chi connectivity index (χ0n) is 14.7. The van der Waals surface area contributed by atoms with E-state index in [1.165, 1.54) is 0 Å². The second-order valence-corrected chi connectivity index (χ2v) is 7.95. The molecule has 1 aromatic rings. The lowest BCUT2D eigenvalue weighted by atomic mass is 9.73. The van der Waals surface area contributed by atoms with Crippen LogP contribution in [0, 0.1) is 11.3 Å². The molecule has 1 unspecified atom stereocenters. The van der Waals surface area contributed by atoms with Gasteiger partial charge in [-0.25, -0.2) is 4.79 Å². The zero-order valence-corrected chi connectivity index (χ0v) is 16.2. The Morgan fingerprint density at radius 1 is 1.23 bits per heavy atom. The van der Waals surface area contributed by atoms with Gasteiger partial charge in [0.05, 0.1) is 5.02 Å². The van der Waals surface area contributed by atoms with Crippen LogP contribution in [0.25, 0.3) is 0 Å². The number of halogens is 2. The van der Waals surface area contributed by atoms with Crippen molar-refractivity contribution in [1.29, 1.82) is 0 Å². The normalized spacial score (nSPS) is 22.4. The van der Waals surface area contributed by atoms with Gasteiger partial charge in [-0.15, -0.1) is 0 Å². The molecule has 7 heteroatoms. The Kier molecular flexibility index (Phi) is 5.31. The summed E-state index contributed by atoms with van der Waals surface area (Å²) >= 11 is 12.6. The molecule has 140 valence electrons. The maximum absolute atomic E-state index is 13.1. The van der Waals surface area contributed by atoms with E-state index in [1.807, 2.05) is 6.92 Å². The molecule has 5 nitrogen and oxygen atoms in total. The van der Waals surface area contributed by atoms with Crippen molar-refractivity contribution in [2.45, 2.75) is 46.0 Å². The molecule has 0 saturated heterocycles. The standard InChI is InChI=1S/C19H20Cl2O5/c1-10(22)26-14(23)9-25-13-7-11-8-19(2,12-5-3-4-6-12)18(24)15(11)17(21)16(13)20/h7,12H,3-6,8-9H2,1-2H3. The van der Waals surface area contributed by atoms with Crippen LogP contribution in [0.4, 0.5) is 0 Å². The quantitative estimate of drug-likeness (QED) is 0.555. The van der Waals surface area contributed by atoms with Crippen LogP contribution in [0.1, 0.15) is 55.5 Å². The van der Waals surface area contributed by atoms with Crippen LogP contribution in [-0.2, 0) is 20.7 Å². The van der Waals surface area contributed by atoms with Gasteiger partial charge in [0.2, 0.25) is 0 Å². The zero-order chi connectivity index (χ0) is 19.1. The van der Waals surface area contributed by atoms with Gasteiger partial charge in [-0.05, 0) is 36.8 Å². The van der Waals surface area contributed by atoms with E-state index in [1.54, 1.807) is 6.07 Å². The van der Waals surface area contributed by atoms with E-state index in [-0.39, 0.29) is 21.6 Å². The van der Waals surface area contributed by atoms with Crippen LogP contribution < -0.4 is 4.74 Å². The Morgan fingerprint density at radius 2 is 1.88 bits per heavy atom. The van der Waals surface area contributed by atoms with E-state index in [2.05, 4.69) is 4.74 Å². The highest BCUT2D eigenvalue weighted by atomic mass is 35.5. The lowest BCUT2D eigenvalue weighted by Gasteiger charge is -2.29. The van der Waals surface area contributed by atoms with E-state index < -0.39 is 24.0 Å². The molecule has 0 radical (unpaired) electrons. The first kappa shape index (κ1) is 19.2. The second-order valence-electron chi connectivity index (χ2n) is 7.20. The Morgan fingerprint density at radius 3 is 2.50 bits per heavy atom. The highest BCUT2D eigenvalue weighted by molar-refractivity contribution is 6.45. The maximum Gasteiger partial charge on any atom is 0.351 e. The number of carbonyl (C=O) groups excluding carboxylic acids is 3. The van der Waals surface area contributed by atoms with Gasteiger partial charge in [0.25, 0.3) is 0 Å². The summed E-state index contributed by atoms with van der Waals surface area (Å²) in [5.74, 6) is -0.952. The smallest absolute Gasteiger partial charge is 0.351 e. The molecule has 3 rings (SSSR count). The molecule has 26 heavy (non-hydrogen) atoms. The van der Waals surface area contributed by atoms with Crippen LogP contribution in [0.15, 0.2) is 6.07 Å². The number of Topliss-reactive ketones (excluding diaryl/α,β-unsaturated/α-hetero) is 1. The Labute approximate surface area is 161 Å². The number of ketones is 1. The van der Waals surface area contributed by atoms with Crippen molar-refractivity contribution in [1.82, 2.24) is 0 Å². The highest BCUT2D eigenvalue weighted by Gasteiger charge is 2.49. The fourth-order valence-corrected chi connectivity index (χ4v) is 4.63. The first-order valence-corrected chi connectivity index (χ1v) is 9.39. The minimum absolute atomic E-state index is 0.0360. The number of hydrogen-bond acceptors (Lipinski definition) is 5. The van der Waals surface area contributed by atoms with Gasteiger partial charge in [-0.1, -0.05) is 43.0 Å². The van der Waals surface area contributed by atoms with Gasteiger partial charge < -0.3 is 9.47 Å². The largest absolute Gasteiger partial charge is 0.480 e. The fourth-order valence-electron chi connectivity index (χ4n) is 4.12. The summed E-state index contributed by atoms with van der Waals surface area (Å²) in [6, 6.07) is 1.67. The molecule has 0 bridgehead atoms. The van der Waals surface area contributed by atoms with E-state index in [9.17, 15) is 14.4 Å². The first-order valence-electron chi connectivity index (χ1n) is 8.63. The number of fused-ring (bicyclic) bond motifs is 1. The van der Waals surface area contributed by atoms with Crippen molar-refractivity contribution < 1.29 is 23.9 Å². The molecule has 0 N–H and O–H groups in total. The average Bonchev–Trinajstić information content (AvgIpc) is 3.18. The maximum atomic E-state index is 13.1. The van der Waals surface area contributed by atoms with Crippen molar-refractivity contribution >= 4 is 40.9 Å².